The van der Waals surface area contributed by atoms with Crippen molar-refractivity contribution in [3.63, 3.8) is 0 Å². The fourth-order valence-corrected chi connectivity index (χ4v) is 3.53. The Labute approximate surface area is 151 Å². The third kappa shape index (κ3) is 3.95. The van der Waals surface area contributed by atoms with Gasteiger partial charge < -0.3 is 14.4 Å². The molecule has 5 heteroatoms. The molecule has 1 fully saturated rings. The molecule has 0 N–H and O–H groups in total. The van der Waals surface area contributed by atoms with Crippen molar-refractivity contribution in [1.29, 1.82) is 0 Å². The van der Waals surface area contributed by atoms with Gasteiger partial charge in [0.25, 0.3) is 5.91 Å². The van der Waals surface area contributed by atoms with Crippen molar-refractivity contribution >= 4 is 28.5 Å². The maximum Gasteiger partial charge on any atom is 0.270 e. The van der Waals surface area contributed by atoms with Crippen LogP contribution in [0.1, 0.15) is 23.3 Å². The summed E-state index contributed by atoms with van der Waals surface area (Å²) in [7, 11) is 1.89. The molecule has 0 spiro atoms. The molecule has 122 valence electrons. The van der Waals surface area contributed by atoms with Gasteiger partial charge in [-0.15, -0.1) is 0 Å². The van der Waals surface area contributed by atoms with Crippen molar-refractivity contribution in [2.75, 3.05) is 33.2 Å². The summed E-state index contributed by atoms with van der Waals surface area (Å²) in [5.41, 5.74) is 1.74. The molecule has 1 saturated heterocycles. The molecule has 1 aliphatic heterocycles. The molecule has 3 rings (SSSR count). The Morgan fingerprint density at radius 3 is 2.74 bits per heavy atom. The second kappa shape index (κ2) is 7.49. The summed E-state index contributed by atoms with van der Waals surface area (Å²) in [6.07, 6.45) is 4.52. The highest BCUT2D eigenvalue weighted by Crippen LogP contribution is 2.17. The van der Waals surface area contributed by atoms with Gasteiger partial charge in [-0.25, -0.2) is 0 Å². The Kier molecular flexibility index (Phi) is 5.38. The lowest BCUT2D eigenvalue weighted by molar-refractivity contribution is 0.0774. The molecule has 0 atom stereocenters. The number of carbonyl (C=O) groups is 1. The summed E-state index contributed by atoms with van der Waals surface area (Å²) >= 11 is 2.29. The van der Waals surface area contributed by atoms with E-state index in [9.17, 15) is 4.79 Å². The molecule has 1 aromatic carbocycles. The van der Waals surface area contributed by atoms with Crippen molar-refractivity contribution in [2.24, 2.45) is 0 Å². The van der Waals surface area contributed by atoms with Gasteiger partial charge in [-0.3, -0.25) is 4.79 Å². The summed E-state index contributed by atoms with van der Waals surface area (Å²) < 4.78 is 3.13. The maximum absolute atomic E-state index is 12.8. The number of rotatable bonds is 5. The van der Waals surface area contributed by atoms with Gasteiger partial charge in [-0.2, -0.15) is 0 Å². The van der Waals surface area contributed by atoms with Crippen LogP contribution < -0.4 is 0 Å². The number of hydrogen-bond donors (Lipinski definition) is 0. The van der Waals surface area contributed by atoms with Gasteiger partial charge in [0.2, 0.25) is 0 Å². The second-order valence-electron chi connectivity index (χ2n) is 6.02. The average Bonchev–Trinajstić information content (AvgIpc) is 3.23. The smallest absolute Gasteiger partial charge is 0.270 e. The summed E-state index contributed by atoms with van der Waals surface area (Å²) in [6.45, 7) is 4.07. The van der Waals surface area contributed by atoms with Crippen LogP contribution in [0.15, 0.2) is 42.6 Å². The lowest BCUT2D eigenvalue weighted by Crippen LogP contribution is -2.35. The Balaban J connectivity index is 1.71. The normalized spacial score (nSPS) is 15.0. The van der Waals surface area contributed by atoms with Gasteiger partial charge in [0.05, 0.1) is 0 Å². The molecule has 0 saturated carbocycles. The highest BCUT2D eigenvalue weighted by Gasteiger charge is 2.18. The second-order valence-corrected chi connectivity index (χ2v) is 7.26. The molecular formula is C18H22IN3O. The van der Waals surface area contributed by atoms with Crippen LogP contribution in [0, 0.1) is 3.57 Å². The highest BCUT2D eigenvalue weighted by molar-refractivity contribution is 14.1. The molecule has 0 bridgehead atoms. The number of nitrogens with zero attached hydrogens (tertiary/aromatic N) is 3. The fraction of sp³-hybridized carbons (Fsp3) is 0.389. The lowest BCUT2D eigenvalue weighted by atomic mass is 10.3. The number of likely N-dealkylation sites (tertiary alicyclic amines) is 1. The van der Waals surface area contributed by atoms with Crippen molar-refractivity contribution in [3.05, 3.63) is 51.9 Å². The Bertz CT molecular complexity index is 676. The quantitative estimate of drug-likeness (QED) is 0.691. The zero-order valence-electron chi connectivity index (χ0n) is 13.4. The van der Waals surface area contributed by atoms with Gasteiger partial charge in [0.15, 0.2) is 0 Å². The van der Waals surface area contributed by atoms with Crippen molar-refractivity contribution < 1.29 is 4.79 Å². The van der Waals surface area contributed by atoms with Crippen LogP contribution in [0.3, 0.4) is 0 Å². The maximum atomic E-state index is 12.8. The van der Waals surface area contributed by atoms with Crippen LogP contribution in [0.2, 0.25) is 0 Å². The third-order valence-corrected chi connectivity index (χ3v) is 5.02. The zero-order chi connectivity index (χ0) is 16.2. The largest absolute Gasteiger partial charge is 0.339 e. The first kappa shape index (κ1) is 16.5. The molecule has 23 heavy (non-hydrogen) atoms. The molecule has 2 heterocycles. The molecule has 4 nitrogen and oxygen atoms in total. The Hall–Kier alpha value is -1.34. The number of hydrogen-bond acceptors (Lipinski definition) is 2. The Morgan fingerprint density at radius 1 is 1.22 bits per heavy atom. The lowest BCUT2D eigenvalue weighted by Gasteiger charge is -2.22. The standard InChI is InChI=1S/C18H22IN3O/c1-20(12-13-21-9-2-3-10-21)18(23)17-8-5-11-22(17)16-7-4-6-15(19)14-16/h4-8,11,14H,2-3,9-10,12-13H2,1H3. The molecule has 0 aliphatic carbocycles. The Morgan fingerprint density at radius 2 is 2.00 bits per heavy atom. The van der Waals surface area contributed by atoms with E-state index >= 15 is 0 Å². The predicted octanol–water partition coefficient (Wildman–Crippen LogP) is 3.25. The van der Waals surface area contributed by atoms with Gasteiger partial charge in [0, 0.05) is 35.6 Å². The zero-order valence-corrected chi connectivity index (χ0v) is 15.6. The van der Waals surface area contributed by atoms with E-state index < -0.39 is 0 Å². The monoisotopic (exact) mass is 423 g/mol. The average molecular weight is 423 g/mol. The first-order valence-corrected chi connectivity index (χ1v) is 9.14. The molecule has 1 amide bonds. The summed E-state index contributed by atoms with van der Waals surface area (Å²) in [4.78, 5) is 17.0. The van der Waals surface area contributed by atoms with E-state index in [1.807, 2.05) is 47.0 Å². The van der Waals surface area contributed by atoms with Crippen LogP contribution >= 0.6 is 22.6 Å². The van der Waals surface area contributed by atoms with Crippen LogP contribution in [0.5, 0.6) is 0 Å². The minimum Gasteiger partial charge on any atom is -0.339 e. The first-order valence-electron chi connectivity index (χ1n) is 8.06. The van der Waals surface area contributed by atoms with E-state index in [1.54, 1.807) is 0 Å². The van der Waals surface area contributed by atoms with Crippen LogP contribution in [0.4, 0.5) is 0 Å². The fourth-order valence-electron chi connectivity index (χ4n) is 3.00. The summed E-state index contributed by atoms with van der Waals surface area (Å²) in [5, 5.41) is 0. The molecule has 0 unspecified atom stereocenters. The topological polar surface area (TPSA) is 28.5 Å². The van der Waals surface area contributed by atoms with E-state index in [1.165, 1.54) is 25.9 Å². The van der Waals surface area contributed by atoms with E-state index in [4.69, 9.17) is 0 Å². The molecule has 1 aliphatic rings. The number of amides is 1. The predicted molar refractivity (Wildman–Crippen MR) is 101 cm³/mol. The van der Waals surface area contributed by atoms with Crippen LogP contribution in [-0.4, -0.2) is 53.5 Å². The summed E-state index contributed by atoms with van der Waals surface area (Å²) in [6, 6.07) is 12.0. The van der Waals surface area contributed by atoms with Crippen LogP contribution in [-0.2, 0) is 0 Å². The van der Waals surface area contributed by atoms with Gasteiger partial charge in [-0.05, 0) is 78.9 Å². The van der Waals surface area contributed by atoms with Gasteiger partial charge >= 0.3 is 0 Å². The van der Waals surface area contributed by atoms with Crippen molar-refractivity contribution in [2.45, 2.75) is 12.8 Å². The van der Waals surface area contributed by atoms with Gasteiger partial charge in [0.1, 0.15) is 5.69 Å². The SMILES string of the molecule is CN(CCN1CCCC1)C(=O)c1cccn1-c1cccc(I)c1. The number of halogens is 1. The number of carbonyl (C=O) groups excluding carboxylic acids is 1. The van der Waals surface area contributed by atoms with Crippen LogP contribution in [0.25, 0.3) is 5.69 Å². The minimum atomic E-state index is 0.0769. The van der Waals surface area contributed by atoms with E-state index in [0.29, 0.717) is 0 Å². The van der Waals surface area contributed by atoms with Gasteiger partial charge in [-0.1, -0.05) is 6.07 Å². The first-order chi connectivity index (χ1) is 11.1. The molecule has 1 aromatic heterocycles. The number of benzene rings is 1. The summed E-state index contributed by atoms with van der Waals surface area (Å²) in [5.74, 6) is 0.0769. The van der Waals surface area contributed by atoms with E-state index in [0.717, 1.165) is 28.0 Å². The number of aromatic nitrogens is 1. The minimum absolute atomic E-state index is 0.0769. The van der Waals surface area contributed by atoms with Crippen molar-refractivity contribution in [1.82, 2.24) is 14.4 Å². The van der Waals surface area contributed by atoms with E-state index in [-0.39, 0.29) is 5.91 Å². The molecule has 2 aromatic rings. The van der Waals surface area contributed by atoms with Crippen molar-refractivity contribution in [3.8, 4) is 5.69 Å². The molecular weight excluding hydrogens is 401 g/mol. The number of likely N-dealkylation sites (N-methyl/N-ethyl adjacent to an activating group) is 1. The molecule has 0 radical (unpaired) electrons. The highest BCUT2D eigenvalue weighted by atomic mass is 127. The third-order valence-electron chi connectivity index (χ3n) is 4.35. The van der Waals surface area contributed by atoms with E-state index in [2.05, 4.69) is 39.6 Å².